The summed E-state index contributed by atoms with van der Waals surface area (Å²) in [6, 6.07) is 3.52. The molecule has 1 aliphatic heterocycles. The van der Waals surface area contributed by atoms with Crippen molar-refractivity contribution in [2.45, 2.75) is 64.0 Å². The molecule has 130 valence electrons. The standard InChI is InChI=1S/C19H25FN2O2/c20-17-11-14(18(23)21-24)10-13-4-9-22(12-16(13)17)15-2-7-19(8-3-15)5-1-6-19/h10-11,15,24H,1-9,12H2,(H,21,23). The fourth-order valence-electron chi connectivity index (χ4n) is 4.90. The van der Waals surface area contributed by atoms with Crippen LogP contribution in [0, 0.1) is 11.2 Å². The molecule has 4 rings (SSSR count). The molecule has 3 aliphatic rings. The number of hydroxylamine groups is 1. The highest BCUT2D eigenvalue weighted by Gasteiger charge is 2.41. The van der Waals surface area contributed by atoms with Gasteiger partial charge in [0.15, 0.2) is 0 Å². The molecule has 2 aliphatic carbocycles. The van der Waals surface area contributed by atoms with Gasteiger partial charge in [-0.2, -0.15) is 0 Å². The first-order valence-corrected chi connectivity index (χ1v) is 9.10. The van der Waals surface area contributed by atoms with E-state index in [0.717, 1.165) is 24.1 Å². The Bertz CT molecular complexity index is 647. The number of hydrogen-bond donors (Lipinski definition) is 2. The van der Waals surface area contributed by atoms with Crippen LogP contribution in [0.3, 0.4) is 0 Å². The molecule has 4 nitrogen and oxygen atoms in total. The number of hydrogen-bond acceptors (Lipinski definition) is 3. The molecule has 1 heterocycles. The minimum Gasteiger partial charge on any atom is -0.296 e. The van der Waals surface area contributed by atoms with E-state index in [1.807, 2.05) is 0 Å². The molecular weight excluding hydrogens is 307 g/mol. The van der Waals surface area contributed by atoms with Crippen LogP contribution < -0.4 is 5.48 Å². The predicted molar refractivity (Wildman–Crippen MR) is 88.3 cm³/mol. The van der Waals surface area contributed by atoms with Crippen molar-refractivity contribution in [1.82, 2.24) is 10.4 Å². The number of halogens is 1. The zero-order chi connectivity index (χ0) is 16.7. The van der Waals surface area contributed by atoms with Gasteiger partial charge in [-0.05, 0) is 68.1 Å². The summed E-state index contributed by atoms with van der Waals surface area (Å²) in [6.07, 6.45) is 10.1. The Kier molecular flexibility index (Phi) is 4.09. The van der Waals surface area contributed by atoms with Gasteiger partial charge in [0.1, 0.15) is 5.82 Å². The summed E-state index contributed by atoms with van der Waals surface area (Å²) in [7, 11) is 0. The number of fused-ring (bicyclic) bond motifs is 1. The molecule has 0 atom stereocenters. The Hall–Kier alpha value is -1.46. The van der Waals surface area contributed by atoms with Crippen molar-refractivity contribution in [3.63, 3.8) is 0 Å². The van der Waals surface area contributed by atoms with E-state index in [1.54, 1.807) is 11.5 Å². The molecule has 1 amide bonds. The van der Waals surface area contributed by atoms with Gasteiger partial charge in [0.2, 0.25) is 0 Å². The van der Waals surface area contributed by atoms with E-state index in [4.69, 9.17) is 5.21 Å². The van der Waals surface area contributed by atoms with E-state index in [9.17, 15) is 9.18 Å². The van der Waals surface area contributed by atoms with Crippen LogP contribution in [0.4, 0.5) is 4.39 Å². The molecule has 0 aromatic heterocycles. The lowest BCUT2D eigenvalue weighted by atomic mass is 9.60. The van der Waals surface area contributed by atoms with Gasteiger partial charge < -0.3 is 0 Å². The molecule has 2 N–H and O–H groups in total. The number of benzene rings is 1. The fraction of sp³-hybridized carbons (Fsp3) is 0.632. The summed E-state index contributed by atoms with van der Waals surface area (Å²) in [5.41, 5.74) is 4.04. The lowest BCUT2D eigenvalue weighted by Gasteiger charge is -2.49. The SMILES string of the molecule is O=C(NO)c1cc(F)c2c(c1)CCN(C1CCC3(CCC3)CC1)C2. The van der Waals surface area contributed by atoms with Crippen LogP contribution in [-0.2, 0) is 13.0 Å². The van der Waals surface area contributed by atoms with Crippen molar-refractivity contribution >= 4 is 5.91 Å². The van der Waals surface area contributed by atoms with E-state index in [2.05, 4.69) is 4.90 Å². The van der Waals surface area contributed by atoms with Crippen LogP contribution in [0.25, 0.3) is 0 Å². The Morgan fingerprint density at radius 1 is 1.25 bits per heavy atom. The van der Waals surface area contributed by atoms with Gasteiger partial charge in [-0.25, -0.2) is 9.87 Å². The number of nitrogens with zero attached hydrogens (tertiary/aromatic N) is 1. The van der Waals surface area contributed by atoms with Gasteiger partial charge >= 0.3 is 0 Å². The molecule has 0 radical (unpaired) electrons. The van der Waals surface area contributed by atoms with Gasteiger partial charge in [0.25, 0.3) is 5.91 Å². The summed E-state index contributed by atoms with van der Waals surface area (Å²) in [6.45, 7) is 1.56. The summed E-state index contributed by atoms with van der Waals surface area (Å²) in [4.78, 5) is 14.0. The average Bonchev–Trinajstić information content (AvgIpc) is 2.59. The smallest absolute Gasteiger partial charge is 0.274 e. The Labute approximate surface area is 142 Å². The van der Waals surface area contributed by atoms with Crippen LogP contribution in [0.2, 0.25) is 0 Å². The second-order valence-electron chi connectivity index (χ2n) is 7.84. The van der Waals surface area contributed by atoms with Crippen LogP contribution in [0.1, 0.15) is 66.4 Å². The van der Waals surface area contributed by atoms with Crippen molar-refractivity contribution < 1.29 is 14.4 Å². The first-order chi connectivity index (χ1) is 11.6. The van der Waals surface area contributed by atoms with Gasteiger partial charge in [0, 0.05) is 30.3 Å². The van der Waals surface area contributed by atoms with Crippen molar-refractivity contribution in [1.29, 1.82) is 0 Å². The molecule has 2 fully saturated rings. The molecule has 1 aromatic rings. The highest BCUT2D eigenvalue weighted by Crippen LogP contribution is 2.52. The zero-order valence-corrected chi connectivity index (χ0v) is 14.0. The maximum Gasteiger partial charge on any atom is 0.274 e. The number of nitrogens with one attached hydrogen (secondary N) is 1. The normalized spacial score (nSPS) is 23.6. The molecular formula is C19H25FN2O2. The molecule has 1 spiro atoms. The minimum atomic E-state index is -0.655. The van der Waals surface area contributed by atoms with Crippen LogP contribution in [0.5, 0.6) is 0 Å². The predicted octanol–water partition coefficient (Wildman–Crippen LogP) is 3.42. The maximum absolute atomic E-state index is 14.5. The highest BCUT2D eigenvalue weighted by atomic mass is 19.1. The summed E-state index contributed by atoms with van der Waals surface area (Å²) < 4.78 is 14.5. The number of carbonyl (C=O) groups is 1. The van der Waals surface area contributed by atoms with Crippen molar-refractivity contribution in [3.8, 4) is 0 Å². The summed E-state index contributed by atoms with van der Waals surface area (Å²) >= 11 is 0. The second-order valence-corrected chi connectivity index (χ2v) is 7.84. The quantitative estimate of drug-likeness (QED) is 0.644. The molecule has 1 aromatic carbocycles. The zero-order valence-electron chi connectivity index (χ0n) is 14.0. The first-order valence-electron chi connectivity index (χ1n) is 9.10. The van der Waals surface area contributed by atoms with Crippen molar-refractivity contribution in [3.05, 3.63) is 34.6 Å². The lowest BCUT2D eigenvalue weighted by Crippen LogP contribution is -2.45. The molecule has 2 saturated carbocycles. The van der Waals surface area contributed by atoms with Crippen molar-refractivity contribution in [2.75, 3.05) is 6.54 Å². The first kappa shape index (κ1) is 16.0. The second kappa shape index (κ2) is 6.12. The fourth-order valence-corrected chi connectivity index (χ4v) is 4.90. The summed E-state index contributed by atoms with van der Waals surface area (Å²) in [5.74, 6) is -0.987. The van der Waals surface area contributed by atoms with Crippen molar-refractivity contribution in [2.24, 2.45) is 5.41 Å². The Morgan fingerprint density at radius 2 is 2.00 bits per heavy atom. The number of carbonyl (C=O) groups excluding carboxylic acids is 1. The molecule has 5 heteroatoms. The number of amides is 1. The third-order valence-electron chi connectivity index (χ3n) is 6.63. The van der Waals surface area contributed by atoms with Crippen LogP contribution >= 0.6 is 0 Å². The molecule has 0 unspecified atom stereocenters. The molecule has 24 heavy (non-hydrogen) atoms. The monoisotopic (exact) mass is 332 g/mol. The van der Waals surface area contributed by atoms with Gasteiger partial charge in [-0.3, -0.25) is 14.9 Å². The largest absolute Gasteiger partial charge is 0.296 e. The maximum atomic E-state index is 14.5. The minimum absolute atomic E-state index is 0.187. The lowest BCUT2D eigenvalue weighted by molar-refractivity contribution is 0.0261. The molecule has 0 saturated heterocycles. The third kappa shape index (κ3) is 2.74. The van der Waals surface area contributed by atoms with Gasteiger partial charge in [-0.1, -0.05) is 6.42 Å². The van der Waals surface area contributed by atoms with E-state index < -0.39 is 5.91 Å². The number of rotatable bonds is 2. The van der Waals surface area contributed by atoms with Gasteiger partial charge in [-0.15, -0.1) is 0 Å². The topological polar surface area (TPSA) is 52.6 Å². The van der Waals surface area contributed by atoms with E-state index in [1.165, 1.54) is 51.0 Å². The Morgan fingerprint density at radius 3 is 2.62 bits per heavy atom. The highest BCUT2D eigenvalue weighted by molar-refractivity contribution is 5.93. The van der Waals surface area contributed by atoms with Crippen LogP contribution in [-0.4, -0.2) is 28.6 Å². The Balaban J connectivity index is 1.47. The summed E-state index contributed by atoms with van der Waals surface area (Å²) in [5, 5.41) is 8.73. The van der Waals surface area contributed by atoms with Gasteiger partial charge in [0.05, 0.1) is 0 Å². The van der Waals surface area contributed by atoms with E-state index >= 15 is 0 Å². The van der Waals surface area contributed by atoms with Crippen LogP contribution in [0.15, 0.2) is 12.1 Å². The molecule has 0 bridgehead atoms. The third-order valence-corrected chi connectivity index (χ3v) is 6.63. The van der Waals surface area contributed by atoms with E-state index in [-0.39, 0.29) is 11.4 Å². The average molecular weight is 332 g/mol. The van der Waals surface area contributed by atoms with E-state index in [0.29, 0.717) is 18.0 Å².